The summed E-state index contributed by atoms with van der Waals surface area (Å²) in [5.74, 6) is -0.230. The standard InChI is InChI=1S/C12H18N2O2S/c1-3-13-12(16)9(2)14-11(15)5-4-10-6-7-17-8-10/h6-9H,3-5H2,1-2H3,(H,13,16)(H,14,15)/t9-/m0/s1. The third kappa shape index (κ3) is 4.99. The van der Waals surface area contributed by atoms with Crippen molar-refractivity contribution in [1.29, 1.82) is 0 Å². The number of likely N-dealkylation sites (N-methyl/N-ethyl adjacent to an activating group) is 1. The van der Waals surface area contributed by atoms with Crippen molar-refractivity contribution in [3.63, 3.8) is 0 Å². The lowest BCUT2D eigenvalue weighted by Crippen LogP contribution is -2.44. The van der Waals surface area contributed by atoms with Gasteiger partial charge in [0.05, 0.1) is 0 Å². The third-order valence-electron chi connectivity index (χ3n) is 2.34. The second-order valence-corrected chi connectivity index (χ2v) is 4.60. The van der Waals surface area contributed by atoms with Gasteiger partial charge in [-0.15, -0.1) is 0 Å². The number of carbonyl (C=O) groups is 2. The molecule has 1 heterocycles. The van der Waals surface area contributed by atoms with Crippen molar-refractivity contribution >= 4 is 23.2 Å². The summed E-state index contributed by atoms with van der Waals surface area (Å²) in [7, 11) is 0. The van der Waals surface area contributed by atoms with E-state index in [0.29, 0.717) is 13.0 Å². The van der Waals surface area contributed by atoms with Gasteiger partial charge in [-0.05, 0) is 42.7 Å². The van der Waals surface area contributed by atoms with E-state index in [0.717, 1.165) is 12.0 Å². The SMILES string of the molecule is CCNC(=O)[C@H](C)NC(=O)CCc1ccsc1. The predicted molar refractivity (Wildman–Crippen MR) is 68.9 cm³/mol. The largest absolute Gasteiger partial charge is 0.355 e. The molecule has 1 atom stereocenters. The average molecular weight is 254 g/mol. The number of hydrogen-bond donors (Lipinski definition) is 2. The molecule has 0 saturated carbocycles. The van der Waals surface area contributed by atoms with Gasteiger partial charge in [0.25, 0.3) is 0 Å². The smallest absolute Gasteiger partial charge is 0.242 e. The van der Waals surface area contributed by atoms with Crippen LogP contribution in [0.3, 0.4) is 0 Å². The Balaban J connectivity index is 2.27. The fraction of sp³-hybridized carbons (Fsp3) is 0.500. The van der Waals surface area contributed by atoms with Gasteiger partial charge >= 0.3 is 0 Å². The minimum Gasteiger partial charge on any atom is -0.355 e. The minimum absolute atomic E-state index is 0.0880. The first-order chi connectivity index (χ1) is 8.13. The summed E-state index contributed by atoms with van der Waals surface area (Å²) >= 11 is 1.62. The second-order valence-electron chi connectivity index (χ2n) is 3.82. The molecule has 0 unspecified atom stereocenters. The Labute approximate surface area is 105 Å². The first-order valence-electron chi connectivity index (χ1n) is 5.71. The highest BCUT2D eigenvalue weighted by molar-refractivity contribution is 7.07. The van der Waals surface area contributed by atoms with Crippen LogP contribution >= 0.6 is 11.3 Å². The van der Waals surface area contributed by atoms with Crippen LogP contribution < -0.4 is 10.6 Å². The lowest BCUT2D eigenvalue weighted by atomic mass is 10.2. The number of amides is 2. The Morgan fingerprint density at radius 3 is 2.82 bits per heavy atom. The Morgan fingerprint density at radius 1 is 1.47 bits per heavy atom. The molecule has 1 rings (SSSR count). The van der Waals surface area contributed by atoms with Gasteiger partial charge in [0.1, 0.15) is 6.04 Å². The number of rotatable bonds is 6. The van der Waals surface area contributed by atoms with E-state index >= 15 is 0 Å². The van der Waals surface area contributed by atoms with Crippen LogP contribution in [0, 0.1) is 0 Å². The molecule has 94 valence electrons. The molecule has 1 aromatic rings. The van der Waals surface area contributed by atoms with Gasteiger partial charge in [0.15, 0.2) is 0 Å². The summed E-state index contributed by atoms with van der Waals surface area (Å²) in [4.78, 5) is 23.0. The predicted octanol–water partition coefficient (Wildman–Crippen LogP) is 1.32. The van der Waals surface area contributed by atoms with Crippen LogP contribution in [0.2, 0.25) is 0 Å². The maximum Gasteiger partial charge on any atom is 0.242 e. The van der Waals surface area contributed by atoms with Crippen LogP contribution in [-0.2, 0) is 16.0 Å². The molecule has 0 fully saturated rings. The molecule has 0 aliphatic rings. The number of aryl methyl sites for hydroxylation is 1. The molecule has 0 saturated heterocycles. The summed E-state index contributed by atoms with van der Waals surface area (Å²) in [6.45, 7) is 4.12. The van der Waals surface area contributed by atoms with Crippen LogP contribution in [0.1, 0.15) is 25.8 Å². The lowest BCUT2D eigenvalue weighted by Gasteiger charge is -2.12. The highest BCUT2D eigenvalue weighted by Gasteiger charge is 2.14. The van der Waals surface area contributed by atoms with Crippen molar-refractivity contribution in [1.82, 2.24) is 10.6 Å². The highest BCUT2D eigenvalue weighted by atomic mass is 32.1. The summed E-state index contributed by atoms with van der Waals surface area (Å²) in [5, 5.41) is 9.37. The van der Waals surface area contributed by atoms with Crippen molar-refractivity contribution in [2.24, 2.45) is 0 Å². The number of nitrogens with one attached hydrogen (secondary N) is 2. The van der Waals surface area contributed by atoms with Gasteiger partial charge < -0.3 is 10.6 Å². The first-order valence-corrected chi connectivity index (χ1v) is 6.66. The highest BCUT2D eigenvalue weighted by Crippen LogP contribution is 2.08. The van der Waals surface area contributed by atoms with Crippen LogP contribution in [0.4, 0.5) is 0 Å². The van der Waals surface area contributed by atoms with E-state index in [9.17, 15) is 9.59 Å². The monoisotopic (exact) mass is 254 g/mol. The fourth-order valence-corrected chi connectivity index (χ4v) is 2.10. The zero-order valence-electron chi connectivity index (χ0n) is 10.2. The number of carbonyl (C=O) groups excluding carboxylic acids is 2. The van der Waals surface area contributed by atoms with Crippen LogP contribution in [0.15, 0.2) is 16.8 Å². The second kappa shape index (κ2) is 7.06. The van der Waals surface area contributed by atoms with Gasteiger partial charge in [-0.25, -0.2) is 0 Å². The van der Waals surface area contributed by atoms with E-state index in [1.54, 1.807) is 18.3 Å². The molecule has 0 radical (unpaired) electrons. The van der Waals surface area contributed by atoms with Crippen molar-refractivity contribution < 1.29 is 9.59 Å². The Bertz CT molecular complexity index is 363. The van der Waals surface area contributed by atoms with E-state index < -0.39 is 6.04 Å². The van der Waals surface area contributed by atoms with Gasteiger partial charge in [-0.1, -0.05) is 0 Å². The van der Waals surface area contributed by atoms with Crippen LogP contribution in [0.25, 0.3) is 0 Å². The Hall–Kier alpha value is -1.36. The molecule has 2 N–H and O–H groups in total. The minimum atomic E-state index is -0.468. The molecular weight excluding hydrogens is 236 g/mol. The van der Waals surface area contributed by atoms with Crippen molar-refractivity contribution in [2.45, 2.75) is 32.7 Å². The van der Waals surface area contributed by atoms with Gasteiger partial charge in [0.2, 0.25) is 11.8 Å². The topological polar surface area (TPSA) is 58.2 Å². The lowest BCUT2D eigenvalue weighted by molar-refractivity contribution is -0.128. The van der Waals surface area contributed by atoms with Crippen molar-refractivity contribution in [2.75, 3.05) is 6.54 Å². The summed E-state index contributed by atoms with van der Waals surface area (Å²) in [6.07, 6.45) is 1.14. The maximum absolute atomic E-state index is 11.6. The van der Waals surface area contributed by atoms with E-state index in [1.165, 1.54) is 0 Å². The summed E-state index contributed by atoms with van der Waals surface area (Å²) < 4.78 is 0. The molecule has 0 aromatic carbocycles. The molecule has 2 amide bonds. The normalized spacial score (nSPS) is 11.9. The van der Waals surface area contributed by atoms with Crippen molar-refractivity contribution in [3.05, 3.63) is 22.4 Å². The molecule has 17 heavy (non-hydrogen) atoms. The number of thiophene rings is 1. The van der Waals surface area contributed by atoms with Crippen molar-refractivity contribution in [3.8, 4) is 0 Å². The zero-order chi connectivity index (χ0) is 12.7. The van der Waals surface area contributed by atoms with Gasteiger partial charge in [-0.3, -0.25) is 9.59 Å². The zero-order valence-corrected chi connectivity index (χ0v) is 11.0. The van der Waals surface area contributed by atoms with Crippen LogP contribution in [0.5, 0.6) is 0 Å². The molecule has 0 aliphatic carbocycles. The van der Waals surface area contributed by atoms with Crippen LogP contribution in [-0.4, -0.2) is 24.4 Å². The number of hydrogen-bond acceptors (Lipinski definition) is 3. The quantitative estimate of drug-likeness (QED) is 0.804. The van der Waals surface area contributed by atoms with Gasteiger partial charge in [-0.2, -0.15) is 11.3 Å². The molecule has 0 bridgehead atoms. The molecular formula is C12H18N2O2S. The van der Waals surface area contributed by atoms with E-state index in [-0.39, 0.29) is 11.8 Å². The van der Waals surface area contributed by atoms with E-state index in [1.807, 2.05) is 23.8 Å². The maximum atomic E-state index is 11.6. The fourth-order valence-electron chi connectivity index (χ4n) is 1.40. The van der Waals surface area contributed by atoms with E-state index in [4.69, 9.17) is 0 Å². The molecule has 0 spiro atoms. The molecule has 4 nitrogen and oxygen atoms in total. The first kappa shape index (κ1) is 13.7. The summed E-state index contributed by atoms with van der Waals surface area (Å²) in [5.41, 5.74) is 1.16. The summed E-state index contributed by atoms with van der Waals surface area (Å²) in [6, 6.07) is 1.54. The molecule has 0 aliphatic heterocycles. The Morgan fingerprint density at radius 2 is 2.24 bits per heavy atom. The van der Waals surface area contributed by atoms with E-state index in [2.05, 4.69) is 10.6 Å². The molecule has 5 heteroatoms. The molecule has 1 aromatic heterocycles. The average Bonchev–Trinajstić information content (AvgIpc) is 2.79. The third-order valence-corrected chi connectivity index (χ3v) is 3.07. The Kier molecular flexibility index (Phi) is 5.69. The van der Waals surface area contributed by atoms with Gasteiger partial charge in [0, 0.05) is 13.0 Å².